The van der Waals surface area contributed by atoms with Crippen LogP contribution in [-0.2, 0) is 4.57 Å². The summed E-state index contributed by atoms with van der Waals surface area (Å²) in [7, 11) is -3.90. The van der Waals surface area contributed by atoms with Crippen LogP contribution in [0.15, 0.2) is 30.3 Å². The molecule has 0 unspecified atom stereocenters. The molecule has 1 aromatic rings. The highest BCUT2D eigenvalue weighted by Crippen LogP contribution is 2.39. The van der Waals surface area contributed by atoms with Gasteiger partial charge in [0.25, 0.3) is 0 Å². The second-order valence-electron chi connectivity index (χ2n) is 5.15. The summed E-state index contributed by atoms with van der Waals surface area (Å²) in [6, 6.07) is 9.69. The van der Waals surface area contributed by atoms with E-state index in [1.807, 2.05) is 44.2 Å². The zero-order valence-corrected chi connectivity index (χ0v) is 11.7. The maximum atomic E-state index is 10.8. The summed E-state index contributed by atoms with van der Waals surface area (Å²) in [5, 5.41) is 0. The average molecular weight is 266 g/mol. The first kappa shape index (κ1) is 15.0. The zero-order chi connectivity index (χ0) is 13.6. The molecular weight excluding hydrogens is 247 g/mol. The minimum absolute atomic E-state index is 0.0764. The van der Waals surface area contributed by atoms with Gasteiger partial charge in [-0.25, -0.2) is 0 Å². The third-order valence-electron chi connectivity index (χ3n) is 2.65. The van der Waals surface area contributed by atoms with Crippen LogP contribution in [0.2, 0.25) is 0 Å². The first-order valence-corrected chi connectivity index (χ1v) is 7.67. The van der Waals surface area contributed by atoms with Gasteiger partial charge in [0, 0.05) is 12.0 Å². The van der Waals surface area contributed by atoms with Gasteiger partial charge in [-0.3, -0.25) is 4.57 Å². The predicted octanol–water partition coefficient (Wildman–Crippen LogP) is 3.02. The molecule has 1 rings (SSSR count). The highest BCUT2D eigenvalue weighted by Gasteiger charge is 2.22. The van der Waals surface area contributed by atoms with Crippen LogP contribution in [0.1, 0.15) is 32.3 Å². The molecule has 0 aliphatic rings. The summed E-state index contributed by atoms with van der Waals surface area (Å²) in [4.78, 5) is 17.7. The van der Waals surface area contributed by atoms with Gasteiger partial charge in [0.05, 0.1) is 6.16 Å². The average Bonchev–Trinajstić information content (AvgIpc) is 2.27. The Morgan fingerprint density at radius 2 is 1.83 bits per heavy atom. The molecule has 0 radical (unpaired) electrons. The predicted molar refractivity (Wildman–Crippen MR) is 73.2 cm³/mol. The monoisotopic (exact) mass is 266 g/mol. The van der Waals surface area contributed by atoms with Crippen LogP contribution in [0, 0.1) is 17.3 Å². The standard InChI is InChI=1S/C14H19O3P/c1-14(2,11-12-18(15,16)17)10-6-9-13-7-4-3-5-8-13/h3-5,7-8H,10-12H2,1-2H3,(H2,15,16,17). The van der Waals surface area contributed by atoms with Crippen LogP contribution in [0.4, 0.5) is 0 Å². The van der Waals surface area contributed by atoms with Crippen LogP contribution >= 0.6 is 7.60 Å². The van der Waals surface area contributed by atoms with Crippen LogP contribution < -0.4 is 0 Å². The van der Waals surface area contributed by atoms with Gasteiger partial charge < -0.3 is 9.79 Å². The topological polar surface area (TPSA) is 57.5 Å². The maximum absolute atomic E-state index is 10.8. The molecule has 98 valence electrons. The van der Waals surface area contributed by atoms with E-state index >= 15 is 0 Å². The van der Waals surface area contributed by atoms with Crippen molar-refractivity contribution in [2.75, 3.05) is 6.16 Å². The maximum Gasteiger partial charge on any atom is 0.325 e. The minimum atomic E-state index is -3.90. The smallest absolute Gasteiger partial charge is 0.324 e. The van der Waals surface area contributed by atoms with Crippen molar-refractivity contribution in [2.24, 2.45) is 5.41 Å². The second kappa shape index (κ2) is 6.20. The van der Waals surface area contributed by atoms with Crippen molar-refractivity contribution in [3.05, 3.63) is 35.9 Å². The summed E-state index contributed by atoms with van der Waals surface area (Å²) in [6.07, 6.45) is 1.02. The summed E-state index contributed by atoms with van der Waals surface area (Å²) < 4.78 is 10.8. The summed E-state index contributed by atoms with van der Waals surface area (Å²) in [6.45, 7) is 3.95. The van der Waals surface area contributed by atoms with E-state index in [1.165, 1.54) is 0 Å². The van der Waals surface area contributed by atoms with Crippen molar-refractivity contribution in [1.82, 2.24) is 0 Å². The lowest BCUT2D eigenvalue weighted by Gasteiger charge is -2.21. The summed E-state index contributed by atoms with van der Waals surface area (Å²) in [5.41, 5.74) is 0.784. The molecule has 0 aliphatic heterocycles. The van der Waals surface area contributed by atoms with E-state index in [9.17, 15) is 4.57 Å². The van der Waals surface area contributed by atoms with Gasteiger partial charge in [-0.05, 0) is 24.0 Å². The molecule has 4 heteroatoms. The first-order valence-electron chi connectivity index (χ1n) is 5.87. The van der Waals surface area contributed by atoms with Gasteiger partial charge in [0.2, 0.25) is 0 Å². The molecule has 0 atom stereocenters. The fourth-order valence-electron chi connectivity index (χ4n) is 1.44. The van der Waals surface area contributed by atoms with Crippen LogP contribution in [-0.4, -0.2) is 15.9 Å². The van der Waals surface area contributed by atoms with Crippen molar-refractivity contribution >= 4 is 7.60 Å². The molecular formula is C14H19O3P. The fraction of sp³-hybridized carbons (Fsp3) is 0.429. The van der Waals surface area contributed by atoms with Gasteiger partial charge in [-0.15, -0.1) is 0 Å². The Balaban J connectivity index is 2.52. The third-order valence-corrected chi connectivity index (χ3v) is 3.46. The largest absolute Gasteiger partial charge is 0.325 e. The van der Waals surface area contributed by atoms with Crippen LogP contribution in [0.3, 0.4) is 0 Å². The lowest BCUT2D eigenvalue weighted by molar-refractivity contribution is 0.330. The summed E-state index contributed by atoms with van der Waals surface area (Å²) in [5.74, 6) is 6.13. The van der Waals surface area contributed by atoms with Crippen molar-refractivity contribution in [1.29, 1.82) is 0 Å². The molecule has 0 bridgehead atoms. The lowest BCUT2D eigenvalue weighted by atomic mass is 9.87. The van der Waals surface area contributed by atoms with Crippen molar-refractivity contribution < 1.29 is 14.4 Å². The van der Waals surface area contributed by atoms with E-state index in [0.29, 0.717) is 12.8 Å². The Morgan fingerprint density at radius 3 is 2.39 bits per heavy atom. The normalized spacial score (nSPS) is 11.8. The molecule has 0 aromatic heterocycles. The number of hydrogen-bond acceptors (Lipinski definition) is 1. The van der Waals surface area contributed by atoms with Gasteiger partial charge in [0.1, 0.15) is 0 Å². The van der Waals surface area contributed by atoms with Crippen molar-refractivity contribution in [3.8, 4) is 11.8 Å². The molecule has 3 nitrogen and oxygen atoms in total. The van der Waals surface area contributed by atoms with Crippen molar-refractivity contribution in [2.45, 2.75) is 26.7 Å². The molecule has 0 saturated heterocycles. The van der Waals surface area contributed by atoms with Gasteiger partial charge >= 0.3 is 7.60 Å². The number of benzene rings is 1. The Bertz CT molecular complexity index is 477. The lowest BCUT2D eigenvalue weighted by Crippen LogP contribution is -2.12. The molecule has 0 amide bonds. The second-order valence-corrected chi connectivity index (χ2v) is 6.92. The molecule has 0 saturated carbocycles. The van der Waals surface area contributed by atoms with E-state index in [0.717, 1.165) is 5.56 Å². The highest BCUT2D eigenvalue weighted by atomic mass is 31.2. The Kier molecular flexibility index (Phi) is 5.16. The molecule has 18 heavy (non-hydrogen) atoms. The van der Waals surface area contributed by atoms with E-state index in [-0.39, 0.29) is 11.6 Å². The zero-order valence-electron chi connectivity index (χ0n) is 10.8. The SMILES string of the molecule is CC(C)(CC#Cc1ccccc1)CCP(=O)(O)O. The molecule has 2 N–H and O–H groups in total. The van der Waals surface area contributed by atoms with Crippen molar-refractivity contribution in [3.63, 3.8) is 0 Å². The van der Waals surface area contributed by atoms with Gasteiger partial charge in [0.15, 0.2) is 0 Å². The molecule has 1 aromatic carbocycles. The fourth-order valence-corrected chi connectivity index (χ4v) is 2.34. The van der Waals surface area contributed by atoms with E-state index in [1.54, 1.807) is 0 Å². The van der Waals surface area contributed by atoms with E-state index in [2.05, 4.69) is 11.8 Å². The van der Waals surface area contributed by atoms with E-state index < -0.39 is 7.60 Å². The van der Waals surface area contributed by atoms with E-state index in [4.69, 9.17) is 9.79 Å². The Morgan fingerprint density at radius 1 is 1.22 bits per heavy atom. The number of rotatable bonds is 4. The van der Waals surface area contributed by atoms with Crippen LogP contribution in [0.5, 0.6) is 0 Å². The third kappa shape index (κ3) is 6.61. The Labute approximate surface area is 108 Å². The molecule has 0 heterocycles. The minimum Gasteiger partial charge on any atom is -0.324 e. The van der Waals surface area contributed by atoms with Gasteiger partial charge in [-0.1, -0.05) is 43.9 Å². The quantitative estimate of drug-likeness (QED) is 0.650. The first-order chi connectivity index (χ1) is 8.29. The van der Waals surface area contributed by atoms with Crippen LogP contribution in [0.25, 0.3) is 0 Å². The summed E-state index contributed by atoms with van der Waals surface area (Å²) >= 11 is 0. The molecule has 0 spiro atoms. The Hall–Kier alpha value is -1.07. The van der Waals surface area contributed by atoms with Gasteiger partial charge in [-0.2, -0.15) is 0 Å². The number of hydrogen-bond donors (Lipinski definition) is 2. The molecule has 0 fully saturated rings. The highest BCUT2D eigenvalue weighted by molar-refractivity contribution is 7.51. The molecule has 0 aliphatic carbocycles.